The normalized spacial score (nSPS) is 17.7. The number of fused-ring (bicyclic) bond motifs is 1. The molecule has 0 saturated carbocycles. The summed E-state index contributed by atoms with van der Waals surface area (Å²) in [7, 11) is 1.35. The maximum Gasteiger partial charge on any atom is 0.428 e. The number of hydrogen-bond donors (Lipinski definition) is 2. The fourth-order valence-corrected chi connectivity index (χ4v) is 3.23. The Morgan fingerprint density at radius 1 is 1.30 bits per heavy atom. The fourth-order valence-electron chi connectivity index (χ4n) is 3.23. The summed E-state index contributed by atoms with van der Waals surface area (Å²) >= 11 is 0. The zero-order valence-electron chi connectivity index (χ0n) is 16.2. The lowest BCUT2D eigenvalue weighted by Gasteiger charge is -2.34. The van der Waals surface area contributed by atoms with Crippen LogP contribution >= 0.6 is 0 Å². The summed E-state index contributed by atoms with van der Waals surface area (Å²) in [6.07, 6.45) is -2.25. The molecule has 0 spiro atoms. The van der Waals surface area contributed by atoms with Crippen molar-refractivity contribution >= 4 is 23.7 Å². The van der Waals surface area contributed by atoms with Crippen LogP contribution < -0.4 is 26.3 Å². The van der Waals surface area contributed by atoms with Gasteiger partial charge in [-0.1, -0.05) is 35.5 Å². The molecule has 2 N–H and O–H groups in total. The van der Waals surface area contributed by atoms with Gasteiger partial charge in [-0.05, 0) is 25.5 Å². The molecule has 1 amide bonds. The zero-order valence-corrected chi connectivity index (χ0v) is 16.2. The second-order valence-electron chi connectivity index (χ2n) is 7.12. The van der Waals surface area contributed by atoms with E-state index in [-0.39, 0.29) is 11.6 Å². The third kappa shape index (κ3) is 4.09. The lowest BCUT2D eigenvalue weighted by molar-refractivity contribution is -0.248. The van der Waals surface area contributed by atoms with Gasteiger partial charge in [0.1, 0.15) is 0 Å². The van der Waals surface area contributed by atoms with Crippen LogP contribution in [0.15, 0.2) is 39.6 Å². The van der Waals surface area contributed by atoms with Gasteiger partial charge in [-0.15, -0.1) is 0 Å². The molecule has 1 aliphatic rings. The van der Waals surface area contributed by atoms with E-state index in [9.17, 15) is 27.9 Å². The first-order chi connectivity index (χ1) is 14.0. The number of nitrogens with one attached hydrogen (secondary N) is 1. The van der Waals surface area contributed by atoms with Gasteiger partial charge in [0.25, 0.3) is 11.5 Å². The number of likely N-dealkylation sites (N-methyl/N-ethyl adjacent to an activating group) is 1. The number of benzene rings is 1. The molecule has 0 aliphatic heterocycles. The molecule has 2 unspecified atom stereocenters. The number of carbonyl (C=O) groups excluding carboxylic acids is 1. The molecular formula is C20H20F3N3O4. The predicted octanol–water partition coefficient (Wildman–Crippen LogP) is 0.223. The second-order valence-corrected chi connectivity index (χ2v) is 7.12. The van der Waals surface area contributed by atoms with Gasteiger partial charge in [-0.3, -0.25) is 4.79 Å². The van der Waals surface area contributed by atoms with E-state index in [0.717, 1.165) is 4.90 Å². The van der Waals surface area contributed by atoms with Crippen LogP contribution in [0.1, 0.15) is 12.1 Å². The van der Waals surface area contributed by atoms with Crippen molar-refractivity contribution in [2.75, 3.05) is 18.5 Å². The number of rotatable bonds is 5. The Balaban J connectivity index is 1.87. The number of halogens is 3. The number of anilines is 1. The van der Waals surface area contributed by atoms with E-state index in [2.05, 4.69) is 15.0 Å². The molecule has 10 heteroatoms. The van der Waals surface area contributed by atoms with E-state index in [1.165, 1.54) is 19.2 Å². The highest BCUT2D eigenvalue weighted by molar-refractivity contribution is 5.87. The standard InChI is InChI=1S/C20H20F3N3O4/c1-12-16-10-13(8-9-15(16)17(27)30-25-12)24-18(28)19(29,20(21,22)23)11-26(2)14-6-4-3-5-7-14/h3-7,9-10,13,29H,8,11H2,1-2H3,(H,24,28). The largest absolute Gasteiger partial charge is 0.428 e. The highest BCUT2D eigenvalue weighted by atomic mass is 19.4. The predicted molar refractivity (Wildman–Crippen MR) is 103 cm³/mol. The molecule has 2 atom stereocenters. The Morgan fingerprint density at radius 2 is 1.97 bits per heavy atom. The maximum absolute atomic E-state index is 13.7. The summed E-state index contributed by atoms with van der Waals surface area (Å²) in [5.41, 5.74) is -3.55. The molecule has 160 valence electrons. The molecule has 0 saturated heterocycles. The van der Waals surface area contributed by atoms with Gasteiger partial charge in [0, 0.05) is 18.0 Å². The topological polar surface area (TPSA) is 95.7 Å². The zero-order chi connectivity index (χ0) is 22.1. The fraction of sp³-hybridized carbons (Fsp3) is 0.350. The van der Waals surface area contributed by atoms with E-state index < -0.39 is 35.9 Å². The number of aryl methyl sites for hydroxylation is 1. The summed E-state index contributed by atoms with van der Waals surface area (Å²) in [5, 5.41) is 16.8. The molecule has 30 heavy (non-hydrogen) atoms. The lowest BCUT2D eigenvalue weighted by Crippen LogP contribution is -2.63. The van der Waals surface area contributed by atoms with Gasteiger partial charge in [0.15, 0.2) is 0 Å². The number of aliphatic hydroxyl groups is 1. The minimum atomic E-state index is -5.21. The van der Waals surface area contributed by atoms with Crippen molar-refractivity contribution in [1.29, 1.82) is 0 Å². The molecule has 0 fully saturated rings. The number of aromatic nitrogens is 1. The molecule has 0 radical (unpaired) electrons. The highest BCUT2D eigenvalue weighted by Gasteiger charge is 2.60. The first kappa shape index (κ1) is 21.6. The third-order valence-corrected chi connectivity index (χ3v) is 4.93. The maximum atomic E-state index is 13.7. The number of carbonyl (C=O) groups is 1. The molecule has 1 aliphatic carbocycles. The Kier molecular flexibility index (Phi) is 5.71. The molecular weight excluding hydrogens is 403 g/mol. The highest BCUT2D eigenvalue weighted by Crippen LogP contribution is 2.32. The number of nitrogens with zero attached hydrogens (tertiary/aromatic N) is 2. The molecule has 0 bridgehead atoms. The summed E-state index contributed by atoms with van der Waals surface area (Å²) in [4.78, 5) is 25.5. The van der Waals surface area contributed by atoms with Gasteiger partial charge in [-0.25, -0.2) is 4.79 Å². The molecule has 2 aromatic rings. The van der Waals surface area contributed by atoms with Gasteiger partial charge < -0.3 is 19.8 Å². The van der Waals surface area contributed by atoms with Crippen LogP contribution in [-0.4, -0.2) is 47.6 Å². The van der Waals surface area contributed by atoms with Crippen molar-refractivity contribution in [3.8, 4) is 0 Å². The molecule has 1 heterocycles. The Bertz CT molecular complexity index is 1110. The summed E-state index contributed by atoms with van der Waals surface area (Å²) in [6, 6.07) is 7.24. The number of amides is 1. The van der Waals surface area contributed by atoms with Crippen LogP contribution in [0, 0.1) is 6.92 Å². The minimum Gasteiger partial charge on any atom is -0.371 e. The van der Waals surface area contributed by atoms with Crippen molar-refractivity contribution in [2.24, 2.45) is 0 Å². The van der Waals surface area contributed by atoms with E-state index in [1.807, 2.05) is 0 Å². The van der Waals surface area contributed by atoms with Crippen LogP contribution in [0.25, 0.3) is 12.2 Å². The average Bonchev–Trinajstić information content (AvgIpc) is 2.70. The van der Waals surface area contributed by atoms with Crippen LogP contribution in [0.4, 0.5) is 18.9 Å². The van der Waals surface area contributed by atoms with E-state index in [4.69, 9.17) is 0 Å². The number of alkyl halides is 3. The Morgan fingerprint density at radius 3 is 2.60 bits per heavy atom. The minimum absolute atomic E-state index is 0.0649. The lowest BCUT2D eigenvalue weighted by atomic mass is 9.98. The first-order valence-corrected chi connectivity index (χ1v) is 9.08. The van der Waals surface area contributed by atoms with E-state index in [1.54, 1.807) is 37.3 Å². The molecule has 1 aromatic heterocycles. The summed E-state index contributed by atoms with van der Waals surface area (Å²) in [6.45, 7) is 0.570. The number of hydrogen-bond acceptors (Lipinski definition) is 6. The van der Waals surface area contributed by atoms with E-state index in [0.29, 0.717) is 16.6 Å². The molecule has 1 aromatic carbocycles. The smallest absolute Gasteiger partial charge is 0.371 e. The summed E-state index contributed by atoms with van der Waals surface area (Å²) in [5.74, 6) is -1.58. The van der Waals surface area contributed by atoms with Crippen molar-refractivity contribution in [3.05, 3.63) is 56.9 Å². The van der Waals surface area contributed by atoms with Crippen LogP contribution in [0.5, 0.6) is 0 Å². The third-order valence-electron chi connectivity index (χ3n) is 4.93. The second kappa shape index (κ2) is 7.94. The van der Waals surface area contributed by atoms with Gasteiger partial charge >= 0.3 is 11.8 Å². The van der Waals surface area contributed by atoms with Gasteiger partial charge in [0.05, 0.1) is 23.5 Å². The van der Waals surface area contributed by atoms with Gasteiger partial charge in [0.2, 0.25) is 0 Å². The van der Waals surface area contributed by atoms with Crippen LogP contribution in [-0.2, 0) is 4.79 Å². The SMILES string of the molecule is Cc1noc(=O)c2c1=CC(NC(=O)C(O)(CN(C)c1ccccc1)C(F)(F)F)CC=2. The average molecular weight is 423 g/mol. The first-order valence-electron chi connectivity index (χ1n) is 9.08. The van der Waals surface area contributed by atoms with Crippen molar-refractivity contribution < 1.29 is 27.6 Å². The monoisotopic (exact) mass is 423 g/mol. The Labute approximate surface area is 169 Å². The van der Waals surface area contributed by atoms with Crippen LogP contribution in [0.3, 0.4) is 0 Å². The van der Waals surface area contributed by atoms with Crippen molar-refractivity contribution in [3.63, 3.8) is 0 Å². The van der Waals surface area contributed by atoms with Crippen LogP contribution in [0.2, 0.25) is 0 Å². The van der Waals surface area contributed by atoms with Crippen molar-refractivity contribution in [2.45, 2.75) is 31.2 Å². The number of para-hydroxylation sites is 1. The van der Waals surface area contributed by atoms with Gasteiger partial charge in [-0.2, -0.15) is 13.2 Å². The quantitative estimate of drug-likeness (QED) is 0.715. The molecule has 7 nitrogen and oxygen atoms in total. The van der Waals surface area contributed by atoms with E-state index >= 15 is 0 Å². The van der Waals surface area contributed by atoms with Crippen molar-refractivity contribution in [1.82, 2.24) is 10.5 Å². The summed E-state index contributed by atoms with van der Waals surface area (Å²) < 4.78 is 45.8. The molecule has 3 rings (SSSR count). The Hall–Kier alpha value is -3.14.